The van der Waals surface area contributed by atoms with Gasteiger partial charge in [-0.2, -0.15) is 4.98 Å². The van der Waals surface area contributed by atoms with Crippen molar-refractivity contribution in [3.63, 3.8) is 0 Å². The summed E-state index contributed by atoms with van der Waals surface area (Å²) in [6.45, 7) is 7.56. The van der Waals surface area contributed by atoms with E-state index >= 15 is 0 Å². The van der Waals surface area contributed by atoms with Crippen molar-refractivity contribution < 1.29 is 9.26 Å². The SMILES string of the molecule is CCOC(C)(C)c1noc(C2CCCCCN2)n1. The minimum Gasteiger partial charge on any atom is -0.368 e. The van der Waals surface area contributed by atoms with E-state index < -0.39 is 5.60 Å². The third kappa shape index (κ3) is 3.09. The molecule has 1 fully saturated rings. The Morgan fingerprint density at radius 3 is 3.00 bits per heavy atom. The molecule has 18 heavy (non-hydrogen) atoms. The minimum absolute atomic E-state index is 0.200. The highest BCUT2D eigenvalue weighted by atomic mass is 16.5. The molecule has 1 aliphatic rings. The predicted molar refractivity (Wildman–Crippen MR) is 68.2 cm³/mol. The first-order valence-corrected chi connectivity index (χ1v) is 6.85. The molecule has 5 heteroatoms. The van der Waals surface area contributed by atoms with Gasteiger partial charge in [-0.25, -0.2) is 0 Å². The van der Waals surface area contributed by atoms with Gasteiger partial charge in [-0.3, -0.25) is 0 Å². The number of rotatable bonds is 4. The van der Waals surface area contributed by atoms with Crippen molar-refractivity contribution >= 4 is 0 Å². The van der Waals surface area contributed by atoms with Crippen LogP contribution in [0.5, 0.6) is 0 Å². The Balaban J connectivity index is 2.09. The molecule has 1 aromatic rings. The highest BCUT2D eigenvalue weighted by Gasteiger charge is 2.29. The Morgan fingerprint density at radius 2 is 2.22 bits per heavy atom. The van der Waals surface area contributed by atoms with Crippen LogP contribution in [0.4, 0.5) is 0 Å². The third-order valence-corrected chi connectivity index (χ3v) is 3.34. The summed E-state index contributed by atoms with van der Waals surface area (Å²) in [5.41, 5.74) is -0.485. The smallest absolute Gasteiger partial charge is 0.243 e. The standard InChI is InChI=1S/C13H23N3O2/c1-4-17-13(2,3)12-15-11(18-16-12)10-8-6-5-7-9-14-10/h10,14H,4-9H2,1-3H3. The summed E-state index contributed by atoms with van der Waals surface area (Å²) in [5, 5.41) is 7.52. The van der Waals surface area contributed by atoms with Crippen LogP contribution in [0.25, 0.3) is 0 Å². The van der Waals surface area contributed by atoms with Crippen LogP contribution in [0.3, 0.4) is 0 Å². The van der Waals surface area contributed by atoms with E-state index in [0.717, 1.165) is 13.0 Å². The van der Waals surface area contributed by atoms with Gasteiger partial charge in [-0.1, -0.05) is 18.0 Å². The van der Waals surface area contributed by atoms with E-state index in [2.05, 4.69) is 15.5 Å². The lowest BCUT2D eigenvalue weighted by Gasteiger charge is -2.19. The van der Waals surface area contributed by atoms with Crippen molar-refractivity contribution in [3.05, 3.63) is 11.7 Å². The molecule has 1 N–H and O–H groups in total. The van der Waals surface area contributed by atoms with Gasteiger partial charge < -0.3 is 14.6 Å². The summed E-state index contributed by atoms with van der Waals surface area (Å²) >= 11 is 0. The van der Waals surface area contributed by atoms with Crippen LogP contribution < -0.4 is 5.32 Å². The maximum absolute atomic E-state index is 5.64. The zero-order valence-corrected chi connectivity index (χ0v) is 11.5. The summed E-state index contributed by atoms with van der Waals surface area (Å²) in [4.78, 5) is 4.50. The zero-order valence-electron chi connectivity index (χ0n) is 11.5. The molecular weight excluding hydrogens is 230 g/mol. The molecule has 1 aromatic heterocycles. The lowest BCUT2D eigenvalue weighted by Crippen LogP contribution is -2.24. The highest BCUT2D eigenvalue weighted by Crippen LogP contribution is 2.26. The molecule has 2 heterocycles. The van der Waals surface area contributed by atoms with Gasteiger partial charge in [0.2, 0.25) is 11.7 Å². The Kier molecular flexibility index (Phi) is 4.35. The molecule has 0 saturated carbocycles. The van der Waals surface area contributed by atoms with Crippen molar-refractivity contribution in [1.29, 1.82) is 0 Å². The van der Waals surface area contributed by atoms with Gasteiger partial charge in [0.15, 0.2) is 0 Å². The van der Waals surface area contributed by atoms with Crippen LogP contribution >= 0.6 is 0 Å². The number of ether oxygens (including phenoxy) is 1. The van der Waals surface area contributed by atoms with Gasteiger partial charge in [0.25, 0.3) is 0 Å². The Hall–Kier alpha value is -0.940. The van der Waals surface area contributed by atoms with E-state index in [1.807, 2.05) is 20.8 Å². The van der Waals surface area contributed by atoms with Crippen molar-refractivity contribution in [3.8, 4) is 0 Å². The van der Waals surface area contributed by atoms with Crippen LogP contribution in [0.1, 0.15) is 64.2 Å². The fourth-order valence-corrected chi connectivity index (χ4v) is 2.29. The second kappa shape index (κ2) is 5.80. The van der Waals surface area contributed by atoms with Crippen molar-refractivity contribution in [2.45, 2.75) is 58.1 Å². The normalized spacial score (nSPS) is 21.8. The average molecular weight is 253 g/mol. The molecule has 0 bridgehead atoms. The van der Waals surface area contributed by atoms with E-state index in [0.29, 0.717) is 18.3 Å². The van der Waals surface area contributed by atoms with E-state index in [1.54, 1.807) is 0 Å². The van der Waals surface area contributed by atoms with Gasteiger partial charge in [0, 0.05) is 6.61 Å². The average Bonchev–Trinajstić information content (AvgIpc) is 2.67. The molecular formula is C13H23N3O2. The van der Waals surface area contributed by atoms with E-state index in [-0.39, 0.29) is 6.04 Å². The van der Waals surface area contributed by atoms with Crippen LogP contribution in [0.15, 0.2) is 4.52 Å². The van der Waals surface area contributed by atoms with Crippen molar-refractivity contribution in [1.82, 2.24) is 15.5 Å². The first-order chi connectivity index (χ1) is 8.63. The molecule has 0 amide bonds. The summed E-state index contributed by atoms with van der Waals surface area (Å²) in [6.07, 6.45) is 4.78. The molecule has 1 unspecified atom stereocenters. The van der Waals surface area contributed by atoms with Crippen LogP contribution in [-0.2, 0) is 10.3 Å². The topological polar surface area (TPSA) is 60.2 Å². The fourth-order valence-electron chi connectivity index (χ4n) is 2.29. The monoisotopic (exact) mass is 253 g/mol. The Morgan fingerprint density at radius 1 is 1.39 bits per heavy atom. The summed E-state index contributed by atoms with van der Waals surface area (Å²) in [6, 6.07) is 0.200. The van der Waals surface area contributed by atoms with Crippen molar-refractivity contribution in [2.75, 3.05) is 13.2 Å². The summed E-state index contributed by atoms with van der Waals surface area (Å²) in [7, 11) is 0. The number of hydrogen-bond donors (Lipinski definition) is 1. The third-order valence-electron chi connectivity index (χ3n) is 3.34. The second-order valence-electron chi connectivity index (χ2n) is 5.26. The molecule has 1 atom stereocenters. The maximum Gasteiger partial charge on any atom is 0.243 e. The van der Waals surface area contributed by atoms with Gasteiger partial charge in [0.05, 0.1) is 6.04 Å². The molecule has 2 rings (SSSR count). The molecule has 0 radical (unpaired) electrons. The van der Waals surface area contributed by atoms with Crippen LogP contribution in [0, 0.1) is 0 Å². The summed E-state index contributed by atoms with van der Waals surface area (Å²) in [5.74, 6) is 1.32. The van der Waals surface area contributed by atoms with Gasteiger partial charge in [0.1, 0.15) is 5.60 Å². The second-order valence-corrected chi connectivity index (χ2v) is 5.26. The number of nitrogens with zero attached hydrogens (tertiary/aromatic N) is 2. The van der Waals surface area contributed by atoms with Gasteiger partial charge in [-0.15, -0.1) is 0 Å². The van der Waals surface area contributed by atoms with Crippen LogP contribution in [-0.4, -0.2) is 23.3 Å². The molecule has 0 aliphatic carbocycles. The Labute approximate surface area is 108 Å². The van der Waals surface area contributed by atoms with E-state index in [4.69, 9.17) is 9.26 Å². The highest BCUT2D eigenvalue weighted by molar-refractivity contribution is 5.00. The number of aromatic nitrogens is 2. The van der Waals surface area contributed by atoms with Gasteiger partial charge >= 0.3 is 0 Å². The predicted octanol–water partition coefficient (Wildman–Crippen LogP) is 2.55. The van der Waals surface area contributed by atoms with Crippen molar-refractivity contribution in [2.24, 2.45) is 0 Å². The molecule has 0 spiro atoms. The largest absolute Gasteiger partial charge is 0.368 e. The molecule has 1 aliphatic heterocycles. The number of hydrogen-bond acceptors (Lipinski definition) is 5. The summed E-state index contributed by atoms with van der Waals surface area (Å²) < 4.78 is 11.0. The lowest BCUT2D eigenvalue weighted by atomic mass is 10.1. The quantitative estimate of drug-likeness (QED) is 0.893. The molecule has 102 valence electrons. The first-order valence-electron chi connectivity index (χ1n) is 6.85. The first kappa shape index (κ1) is 13.5. The maximum atomic E-state index is 5.64. The van der Waals surface area contributed by atoms with Crippen LogP contribution in [0.2, 0.25) is 0 Å². The zero-order chi connectivity index (χ0) is 13.0. The molecule has 1 saturated heterocycles. The van der Waals surface area contributed by atoms with E-state index in [1.165, 1.54) is 19.3 Å². The number of nitrogens with one attached hydrogen (secondary N) is 1. The molecule has 0 aromatic carbocycles. The Bertz CT molecular complexity index is 368. The molecule has 5 nitrogen and oxygen atoms in total. The lowest BCUT2D eigenvalue weighted by molar-refractivity contribution is -0.0221. The van der Waals surface area contributed by atoms with Gasteiger partial charge in [-0.05, 0) is 40.2 Å². The van der Waals surface area contributed by atoms with E-state index in [9.17, 15) is 0 Å². The fraction of sp³-hybridized carbons (Fsp3) is 0.846. The minimum atomic E-state index is -0.485.